The van der Waals surface area contributed by atoms with Crippen LogP contribution in [0.5, 0.6) is 5.75 Å². The molecule has 0 spiro atoms. The zero-order valence-corrected chi connectivity index (χ0v) is 21.1. The molecule has 3 heterocycles. The Kier molecular flexibility index (Phi) is 8.57. The van der Waals surface area contributed by atoms with Crippen LogP contribution in [-0.4, -0.2) is 89.4 Å². The maximum absolute atomic E-state index is 13.3. The highest BCUT2D eigenvalue weighted by atomic mass is 35.5. The second kappa shape index (κ2) is 11.8. The number of rotatable bonds is 9. The van der Waals surface area contributed by atoms with E-state index in [2.05, 4.69) is 15.4 Å². The third-order valence-electron chi connectivity index (χ3n) is 6.32. The highest BCUT2D eigenvalue weighted by molar-refractivity contribution is 6.17. The lowest BCUT2D eigenvalue weighted by Gasteiger charge is -2.39. The first-order valence-electron chi connectivity index (χ1n) is 11.8. The van der Waals surface area contributed by atoms with Crippen LogP contribution in [0.4, 0.5) is 0 Å². The number of hydrogen-bond donors (Lipinski definition) is 1. The van der Waals surface area contributed by atoms with E-state index in [1.165, 1.54) is 0 Å². The maximum Gasteiger partial charge on any atom is 0.359 e. The van der Waals surface area contributed by atoms with Crippen molar-refractivity contribution >= 4 is 29.3 Å². The summed E-state index contributed by atoms with van der Waals surface area (Å²) < 4.78 is 17.0. The van der Waals surface area contributed by atoms with Crippen molar-refractivity contribution in [3.63, 3.8) is 0 Å². The number of nitrogens with one attached hydrogen (secondary N) is 1. The minimum Gasteiger partial charge on any atom is -0.497 e. The number of nitrogens with zero attached hydrogens (tertiary/aromatic N) is 4. The van der Waals surface area contributed by atoms with E-state index in [-0.39, 0.29) is 49.3 Å². The van der Waals surface area contributed by atoms with Gasteiger partial charge in [0.2, 0.25) is 0 Å². The molecule has 1 fully saturated rings. The number of halogens is 1. The van der Waals surface area contributed by atoms with Gasteiger partial charge in [-0.25, -0.2) is 14.5 Å². The van der Waals surface area contributed by atoms with Crippen LogP contribution in [-0.2, 0) is 20.8 Å². The minimum absolute atomic E-state index is 0.0362. The molecular formula is C24H30ClN5O6. The zero-order chi connectivity index (χ0) is 25.7. The fraction of sp³-hybridized carbons (Fsp3) is 0.500. The molecule has 0 radical (unpaired) electrons. The number of Topliss-reactive ketones (excluding diaryl/α,β-unsaturated/α-hetero) is 1. The molecule has 11 nitrogen and oxygen atoms in total. The summed E-state index contributed by atoms with van der Waals surface area (Å²) in [6.45, 7) is 3.74. The van der Waals surface area contributed by atoms with Gasteiger partial charge in [-0.2, -0.15) is 5.10 Å². The average Bonchev–Trinajstić information content (AvgIpc) is 3.28. The first-order valence-corrected chi connectivity index (χ1v) is 12.4. The molecule has 1 aromatic heterocycles. The van der Waals surface area contributed by atoms with Gasteiger partial charge in [0.05, 0.1) is 37.2 Å². The number of esters is 1. The van der Waals surface area contributed by atoms with Crippen molar-refractivity contribution in [3.8, 4) is 11.4 Å². The van der Waals surface area contributed by atoms with E-state index in [0.717, 1.165) is 12.8 Å². The highest BCUT2D eigenvalue weighted by Gasteiger charge is 2.37. The zero-order valence-electron chi connectivity index (χ0n) is 20.4. The second-order valence-corrected chi connectivity index (χ2v) is 8.76. The Morgan fingerprint density at radius 2 is 1.89 bits per heavy atom. The standard InChI is InChI=1S/C24H30ClN5O6/c1-3-36-24(33)23-22-19(30(27-23)17-4-6-18(34-2)7-5-17)12-28(13-20(22)31)16-8-10-29(11-9-16)26-21(32)14-35-15-25/h4-7,16H,3,8-15H2,1-2H3,(H,26,32). The fourth-order valence-electron chi connectivity index (χ4n) is 4.62. The van der Waals surface area contributed by atoms with E-state index in [9.17, 15) is 14.4 Å². The van der Waals surface area contributed by atoms with E-state index in [1.807, 2.05) is 17.1 Å². The van der Waals surface area contributed by atoms with Gasteiger partial charge in [-0.1, -0.05) is 11.6 Å². The molecule has 0 atom stereocenters. The number of benzene rings is 1. The molecule has 2 aliphatic heterocycles. The molecule has 2 aliphatic rings. The Labute approximate surface area is 214 Å². The van der Waals surface area contributed by atoms with Crippen molar-refractivity contribution < 1.29 is 28.6 Å². The monoisotopic (exact) mass is 519 g/mol. The molecule has 36 heavy (non-hydrogen) atoms. The van der Waals surface area contributed by atoms with E-state index < -0.39 is 5.97 Å². The van der Waals surface area contributed by atoms with E-state index in [1.54, 1.807) is 30.8 Å². The molecule has 0 aliphatic carbocycles. The number of ether oxygens (including phenoxy) is 3. The van der Waals surface area contributed by atoms with Crippen molar-refractivity contribution in [1.82, 2.24) is 25.1 Å². The summed E-state index contributed by atoms with van der Waals surface area (Å²) in [5.74, 6) is -0.323. The normalized spacial score (nSPS) is 17.0. The largest absolute Gasteiger partial charge is 0.497 e. The van der Waals surface area contributed by atoms with Crippen LogP contribution in [0, 0.1) is 0 Å². The van der Waals surface area contributed by atoms with Crippen LogP contribution in [0.15, 0.2) is 24.3 Å². The number of ketones is 1. The van der Waals surface area contributed by atoms with Crippen LogP contribution >= 0.6 is 11.6 Å². The van der Waals surface area contributed by atoms with Gasteiger partial charge in [0.15, 0.2) is 11.5 Å². The van der Waals surface area contributed by atoms with Crippen LogP contribution < -0.4 is 10.2 Å². The number of fused-ring (bicyclic) bond motifs is 1. The number of carbonyl (C=O) groups is 3. The highest BCUT2D eigenvalue weighted by Crippen LogP contribution is 2.29. The third-order valence-corrected chi connectivity index (χ3v) is 6.47. The number of amides is 1. The first-order chi connectivity index (χ1) is 17.4. The van der Waals surface area contributed by atoms with Gasteiger partial charge < -0.3 is 14.2 Å². The van der Waals surface area contributed by atoms with Crippen molar-refractivity contribution in [3.05, 3.63) is 41.2 Å². The van der Waals surface area contributed by atoms with E-state index >= 15 is 0 Å². The summed E-state index contributed by atoms with van der Waals surface area (Å²) in [6.07, 6.45) is 1.53. The maximum atomic E-state index is 13.3. The molecule has 4 rings (SSSR count). The van der Waals surface area contributed by atoms with Gasteiger partial charge in [0, 0.05) is 25.7 Å². The predicted octanol–water partition coefficient (Wildman–Crippen LogP) is 1.76. The van der Waals surface area contributed by atoms with Crippen LogP contribution in [0.1, 0.15) is 46.3 Å². The number of alkyl halides is 1. The number of hydrazine groups is 1. The molecule has 0 unspecified atom stereocenters. The molecule has 1 amide bonds. The topological polar surface area (TPSA) is 115 Å². The van der Waals surface area contributed by atoms with E-state index in [4.69, 9.17) is 25.8 Å². The summed E-state index contributed by atoms with van der Waals surface area (Å²) in [6, 6.07) is 7.38. The van der Waals surface area contributed by atoms with Gasteiger partial charge in [-0.15, -0.1) is 0 Å². The molecule has 1 aromatic carbocycles. The summed E-state index contributed by atoms with van der Waals surface area (Å²) in [7, 11) is 1.59. The molecular weight excluding hydrogens is 490 g/mol. The lowest BCUT2D eigenvalue weighted by Crippen LogP contribution is -2.53. The number of methoxy groups -OCH3 is 1. The third kappa shape index (κ3) is 5.70. The summed E-state index contributed by atoms with van der Waals surface area (Å²) in [4.78, 5) is 40.0. The van der Waals surface area contributed by atoms with Crippen molar-refractivity contribution in [2.24, 2.45) is 0 Å². The molecule has 194 valence electrons. The second-order valence-electron chi connectivity index (χ2n) is 8.54. The Bertz CT molecular complexity index is 1100. The predicted molar refractivity (Wildman–Crippen MR) is 130 cm³/mol. The molecule has 12 heteroatoms. The number of carbonyl (C=O) groups excluding carboxylic acids is 3. The average molecular weight is 520 g/mol. The fourth-order valence-corrected chi connectivity index (χ4v) is 4.70. The molecule has 2 aromatic rings. The van der Waals surface area contributed by atoms with E-state index in [0.29, 0.717) is 42.3 Å². The number of aromatic nitrogens is 2. The lowest BCUT2D eigenvalue weighted by molar-refractivity contribution is -0.130. The molecule has 1 N–H and O–H groups in total. The first kappa shape index (κ1) is 26.1. The SMILES string of the molecule is CCOC(=O)c1nn(-c2ccc(OC)cc2)c2c1C(=O)CN(C1CCN(NC(=O)COCCl)CC1)C2. The van der Waals surface area contributed by atoms with Crippen LogP contribution in [0.25, 0.3) is 5.69 Å². The van der Waals surface area contributed by atoms with Crippen molar-refractivity contribution in [2.75, 3.05) is 46.0 Å². The van der Waals surface area contributed by atoms with Crippen LogP contribution in [0.3, 0.4) is 0 Å². The quantitative estimate of drug-likeness (QED) is 0.391. The summed E-state index contributed by atoms with van der Waals surface area (Å²) in [5.41, 5.74) is 4.57. The summed E-state index contributed by atoms with van der Waals surface area (Å²) >= 11 is 5.45. The van der Waals surface area contributed by atoms with Gasteiger partial charge >= 0.3 is 5.97 Å². The minimum atomic E-state index is -0.606. The molecule has 1 saturated heterocycles. The van der Waals surface area contributed by atoms with Crippen molar-refractivity contribution in [2.45, 2.75) is 32.4 Å². The Hall–Kier alpha value is -2.99. The van der Waals surface area contributed by atoms with Gasteiger partial charge in [0.25, 0.3) is 5.91 Å². The number of piperidine rings is 1. The molecule has 0 saturated carbocycles. The summed E-state index contributed by atoms with van der Waals surface area (Å²) in [5, 5.41) is 6.37. The van der Waals surface area contributed by atoms with Gasteiger partial charge in [0.1, 0.15) is 18.4 Å². The van der Waals surface area contributed by atoms with Crippen molar-refractivity contribution in [1.29, 1.82) is 0 Å². The van der Waals surface area contributed by atoms with Gasteiger partial charge in [-0.05, 0) is 44.0 Å². The van der Waals surface area contributed by atoms with Gasteiger partial charge in [-0.3, -0.25) is 19.9 Å². The Balaban J connectivity index is 1.53. The molecule has 0 bridgehead atoms. The Morgan fingerprint density at radius 3 is 2.53 bits per heavy atom. The lowest BCUT2D eigenvalue weighted by atomic mass is 9.97. The Morgan fingerprint density at radius 1 is 1.17 bits per heavy atom. The smallest absolute Gasteiger partial charge is 0.359 e. The number of hydrogen-bond acceptors (Lipinski definition) is 9. The van der Waals surface area contributed by atoms with Crippen LogP contribution in [0.2, 0.25) is 0 Å².